The number of morpholine rings is 1. The van der Waals surface area contributed by atoms with Crippen LogP contribution in [0.3, 0.4) is 0 Å². The molecule has 0 bridgehead atoms. The lowest BCUT2D eigenvalue weighted by Gasteiger charge is -2.39. The molecule has 4 heterocycles. The number of pyridine rings is 1. The second-order valence-corrected chi connectivity index (χ2v) is 6.52. The third-order valence-electron chi connectivity index (χ3n) is 4.57. The van der Waals surface area contributed by atoms with Gasteiger partial charge in [0, 0.05) is 49.4 Å². The minimum Gasteiger partial charge on any atom is -0.367 e. The van der Waals surface area contributed by atoms with Crippen LogP contribution in [0.1, 0.15) is 23.0 Å². The number of ether oxygens (including phenoxy) is 1. The van der Waals surface area contributed by atoms with Crippen LogP contribution in [0.25, 0.3) is 11.3 Å². The Morgan fingerprint density at radius 1 is 1.31 bits per heavy atom. The molecule has 1 atom stereocenters. The lowest BCUT2D eigenvalue weighted by atomic mass is 9.97. The van der Waals surface area contributed by atoms with E-state index in [1.165, 1.54) is 0 Å². The molecule has 134 valence electrons. The van der Waals surface area contributed by atoms with Crippen LogP contribution in [0, 0.1) is 0 Å². The van der Waals surface area contributed by atoms with Gasteiger partial charge in [0.05, 0.1) is 19.3 Å². The van der Waals surface area contributed by atoms with Gasteiger partial charge in [-0.25, -0.2) is 0 Å². The summed E-state index contributed by atoms with van der Waals surface area (Å²) in [5.74, 6) is 0.367. The van der Waals surface area contributed by atoms with E-state index in [4.69, 9.17) is 9.26 Å². The number of carbonyl (C=O) groups excluding carboxylic acids is 1. The molecule has 1 fully saturated rings. The highest BCUT2D eigenvalue weighted by molar-refractivity contribution is 5.93. The van der Waals surface area contributed by atoms with Crippen molar-refractivity contribution >= 4 is 5.91 Å². The van der Waals surface area contributed by atoms with Gasteiger partial charge in [-0.3, -0.25) is 14.5 Å². The SMILES string of the molecule is Cn1cc(C2(C)CN(C(=O)c3cc(-c4ccncc4)on3)CCO2)cn1. The molecule has 1 aliphatic rings. The molecule has 0 radical (unpaired) electrons. The Kier molecular flexibility index (Phi) is 4.04. The van der Waals surface area contributed by atoms with Crippen molar-refractivity contribution in [2.45, 2.75) is 12.5 Å². The number of rotatable bonds is 3. The smallest absolute Gasteiger partial charge is 0.276 e. The van der Waals surface area contributed by atoms with Crippen LogP contribution in [0.4, 0.5) is 0 Å². The fourth-order valence-corrected chi connectivity index (χ4v) is 3.10. The van der Waals surface area contributed by atoms with Crippen molar-refractivity contribution in [3.63, 3.8) is 0 Å². The second-order valence-electron chi connectivity index (χ2n) is 6.52. The number of carbonyl (C=O) groups is 1. The molecule has 3 aromatic heterocycles. The highest BCUT2D eigenvalue weighted by Crippen LogP contribution is 2.30. The monoisotopic (exact) mass is 353 g/mol. The van der Waals surface area contributed by atoms with Crippen LogP contribution in [0.15, 0.2) is 47.5 Å². The van der Waals surface area contributed by atoms with E-state index in [9.17, 15) is 4.79 Å². The van der Waals surface area contributed by atoms with Gasteiger partial charge in [-0.05, 0) is 19.1 Å². The van der Waals surface area contributed by atoms with Crippen LogP contribution in [-0.2, 0) is 17.4 Å². The average molecular weight is 353 g/mol. The average Bonchev–Trinajstić information content (AvgIpc) is 3.31. The summed E-state index contributed by atoms with van der Waals surface area (Å²) in [7, 11) is 1.86. The van der Waals surface area contributed by atoms with E-state index in [0.717, 1.165) is 11.1 Å². The van der Waals surface area contributed by atoms with Gasteiger partial charge in [0.2, 0.25) is 0 Å². The van der Waals surface area contributed by atoms with E-state index < -0.39 is 5.60 Å². The highest BCUT2D eigenvalue weighted by atomic mass is 16.5. The molecule has 1 saturated heterocycles. The Morgan fingerprint density at radius 3 is 2.85 bits per heavy atom. The van der Waals surface area contributed by atoms with E-state index in [2.05, 4.69) is 15.2 Å². The summed E-state index contributed by atoms with van der Waals surface area (Å²) in [5, 5.41) is 8.15. The minimum absolute atomic E-state index is 0.174. The lowest BCUT2D eigenvalue weighted by Crippen LogP contribution is -2.50. The zero-order chi connectivity index (χ0) is 18.1. The molecule has 0 saturated carbocycles. The molecule has 0 aromatic carbocycles. The Balaban J connectivity index is 1.54. The molecule has 1 amide bonds. The van der Waals surface area contributed by atoms with Gasteiger partial charge in [-0.15, -0.1) is 0 Å². The zero-order valence-electron chi connectivity index (χ0n) is 14.6. The number of aryl methyl sites for hydroxylation is 1. The van der Waals surface area contributed by atoms with Gasteiger partial charge < -0.3 is 14.2 Å². The molecule has 8 nitrogen and oxygen atoms in total. The fourth-order valence-electron chi connectivity index (χ4n) is 3.10. The van der Waals surface area contributed by atoms with E-state index in [-0.39, 0.29) is 11.6 Å². The van der Waals surface area contributed by atoms with Crippen LogP contribution in [-0.4, -0.2) is 50.4 Å². The zero-order valence-corrected chi connectivity index (χ0v) is 14.6. The normalized spacial score (nSPS) is 20.3. The largest absolute Gasteiger partial charge is 0.367 e. The van der Waals surface area contributed by atoms with E-state index in [0.29, 0.717) is 25.5 Å². The number of hydrogen-bond donors (Lipinski definition) is 0. The van der Waals surface area contributed by atoms with E-state index in [1.807, 2.05) is 32.3 Å². The Labute approximate surface area is 150 Å². The van der Waals surface area contributed by atoms with Gasteiger partial charge in [0.15, 0.2) is 11.5 Å². The maximum absolute atomic E-state index is 12.9. The van der Waals surface area contributed by atoms with Crippen molar-refractivity contribution < 1.29 is 14.1 Å². The molecule has 3 aromatic rings. The Hall–Kier alpha value is -3.00. The maximum Gasteiger partial charge on any atom is 0.276 e. The maximum atomic E-state index is 12.9. The van der Waals surface area contributed by atoms with E-state index >= 15 is 0 Å². The Morgan fingerprint density at radius 2 is 2.12 bits per heavy atom. The fraction of sp³-hybridized carbons (Fsp3) is 0.333. The Bertz CT molecular complexity index is 920. The third-order valence-corrected chi connectivity index (χ3v) is 4.57. The molecule has 0 N–H and O–H groups in total. The molecule has 0 aliphatic carbocycles. The van der Waals surface area contributed by atoms with Crippen molar-refractivity contribution in [1.82, 2.24) is 24.8 Å². The number of hydrogen-bond acceptors (Lipinski definition) is 6. The van der Waals surface area contributed by atoms with Crippen LogP contribution in [0.5, 0.6) is 0 Å². The summed E-state index contributed by atoms with van der Waals surface area (Å²) in [6.45, 7) is 3.35. The predicted molar refractivity (Wildman–Crippen MR) is 92.1 cm³/mol. The predicted octanol–water partition coefficient (Wildman–Crippen LogP) is 1.86. The molecule has 26 heavy (non-hydrogen) atoms. The highest BCUT2D eigenvalue weighted by Gasteiger charge is 2.37. The molecular formula is C18H19N5O3. The lowest BCUT2D eigenvalue weighted by molar-refractivity contribution is -0.0932. The first-order valence-corrected chi connectivity index (χ1v) is 8.35. The molecule has 1 aliphatic heterocycles. The van der Waals surface area contributed by atoms with Crippen LogP contribution >= 0.6 is 0 Å². The van der Waals surface area contributed by atoms with Gasteiger partial charge >= 0.3 is 0 Å². The summed E-state index contributed by atoms with van der Waals surface area (Å²) in [5.41, 5.74) is 1.45. The van der Waals surface area contributed by atoms with Crippen LogP contribution in [0.2, 0.25) is 0 Å². The first kappa shape index (κ1) is 16.5. The first-order chi connectivity index (χ1) is 12.5. The molecule has 8 heteroatoms. The summed E-state index contributed by atoms with van der Waals surface area (Å²) in [6.07, 6.45) is 7.01. The molecule has 4 rings (SSSR count). The second kappa shape index (κ2) is 6.38. The topological polar surface area (TPSA) is 86.3 Å². The molecule has 0 spiro atoms. The van der Waals surface area contributed by atoms with Gasteiger partial charge in [0.1, 0.15) is 5.60 Å². The summed E-state index contributed by atoms with van der Waals surface area (Å²) < 4.78 is 13.0. The number of nitrogens with zero attached hydrogens (tertiary/aromatic N) is 5. The first-order valence-electron chi connectivity index (χ1n) is 8.35. The number of aromatic nitrogens is 4. The van der Waals surface area contributed by atoms with Crippen molar-refractivity contribution in [3.05, 3.63) is 54.2 Å². The number of amides is 1. The van der Waals surface area contributed by atoms with Gasteiger partial charge in [0.25, 0.3) is 5.91 Å². The van der Waals surface area contributed by atoms with Crippen molar-refractivity contribution in [2.75, 3.05) is 19.7 Å². The summed E-state index contributed by atoms with van der Waals surface area (Å²) in [6, 6.07) is 5.28. The quantitative estimate of drug-likeness (QED) is 0.714. The minimum atomic E-state index is -0.597. The van der Waals surface area contributed by atoms with Crippen LogP contribution < -0.4 is 0 Å². The van der Waals surface area contributed by atoms with E-state index in [1.54, 1.807) is 34.2 Å². The third kappa shape index (κ3) is 2.99. The van der Waals surface area contributed by atoms with Crippen molar-refractivity contribution in [1.29, 1.82) is 0 Å². The summed E-state index contributed by atoms with van der Waals surface area (Å²) >= 11 is 0. The van der Waals surface area contributed by atoms with Gasteiger partial charge in [-0.2, -0.15) is 5.10 Å². The standard InChI is InChI=1S/C18H19N5O3/c1-18(14-10-20-22(2)11-14)12-23(7-8-25-18)17(24)15-9-16(26-21-15)13-3-5-19-6-4-13/h3-6,9-11H,7-8,12H2,1-2H3. The molecule has 1 unspecified atom stereocenters. The van der Waals surface area contributed by atoms with Crippen molar-refractivity contribution in [3.8, 4) is 11.3 Å². The summed E-state index contributed by atoms with van der Waals surface area (Å²) in [4.78, 5) is 18.6. The van der Waals surface area contributed by atoms with Crippen molar-refractivity contribution in [2.24, 2.45) is 7.05 Å². The van der Waals surface area contributed by atoms with Gasteiger partial charge in [-0.1, -0.05) is 5.16 Å². The molecular weight excluding hydrogens is 334 g/mol.